The van der Waals surface area contributed by atoms with Gasteiger partial charge in [-0.15, -0.1) is 0 Å². The van der Waals surface area contributed by atoms with Crippen molar-refractivity contribution in [1.29, 1.82) is 0 Å². The smallest absolute Gasteiger partial charge is 0.313 e. The molecule has 0 heterocycles. The number of methoxy groups -OCH3 is 1. The molecule has 1 aliphatic rings. The number of esters is 1. The Labute approximate surface area is 58.7 Å². The third-order valence-corrected chi connectivity index (χ3v) is 1.65. The minimum absolute atomic E-state index is 0.0320. The molecule has 10 heavy (non-hydrogen) atoms. The van der Waals surface area contributed by atoms with Crippen molar-refractivity contribution < 1.29 is 14.3 Å². The fraction of sp³-hybridized carbons (Fsp3) is 0.429. The van der Waals surface area contributed by atoms with Gasteiger partial charge in [-0.3, -0.25) is 9.59 Å². The first-order valence-corrected chi connectivity index (χ1v) is 2.96. The van der Waals surface area contributed by atoms with E-state index in [2.05, 4.69) is 11.3 Å². The van der Waals surface area contributed by atoms with Crippen LogP contribution in [0, 0.1) is 5.92 Å². The van der Waals surface area contributed by atoms with Crippen LogP contribution in [0.4, 0.5) is 0 Å². The zero-order valence-electron chi connectivity index (χ0n) is 5.72. The zero-order chi connectivity index (χ0) is 7.72. The Hall–Kier alpha value is -1.12. The second-order valence-corrected chi connectivity index (χ2v) is 2.23. The summed E-state index contributed by atoms with van der Waals surface area (Å²) in [5.41, 5.74) is 0.381. The Bertz CT molecular complexity index is 205. The molecule has 3 nitrogen and oxygen atoms in total. The van der Waals surface area contributed by atoms with Crippen LogP contribution in [0.3, 0.4) is 0 Å². The molecule has 1 unspecified atom stereocenters. The molecule has 1 rings (SSSR count). The van der Waals surface area contributed by atoms with Crippen molar-refractivity contribution in [3.63, 3.8) is 0 Å². The zero-order valence-corrected chi connectivity index (χ0v) is 5.72. The van der Waals surface area contributed by atoms with E-state index in [4.69, 9.17) is 0 Å². The molecule has 0 aliphatic heterocycles. The highest BCUT2D eigenvalue weighted by Crippen LogP contribution is 2.28. The normalized spacial score (nSPS) is 23.9. The van der Waals surface area contributed by atoms with E-state index in [0.29, 0.717) is 5.57 Å². The summed E-state index contributed by atoms with van der Waals surface area (Å²) in [4.78, 5) is 21.3. The molecule has 0 radical (unpaired) electrons. The molecule has 1 atom stereocenters. The van der Waals surface area contributed by atoms with Crippen molar-refractivity contribution in [1.82, 2.24) is 0 Å². The maximum absolute atomic E-state index is 10.7. The minimum atomic E-state index is -0.363. The lowest BCUT2D eigenvalue weighted by atomic mass is 9.79. The number of rotatable bonds is 1. The number of Topliss-reactive ketones (excluding diaryl/α,β-unsaturated/α-hetero) is 1. The molecule has 0 aromatic rings. The van der Waals surface area contributed by atoms with Gasteiger partial charge < -0.3 is 4.74 Å². The maximum atomic E-state index is 10.7. The largest absolute Gasteiger partial charge is 0.469 e. The standard InChI is InChI=1S/C7H8O3/c1-4-5(3-6(4)8)7(9)10-2/h5H,1,3H2,2H3. The third kappa shape index (κ3) is 0.835. The van der Waals surface area contributed by atoms with Crippen molar-refractivity contribution >= 4 is 11.8 Å². The summed E-state index contributed by atoms with van der Waals surface area (Å²) in [5, 5.41) is 0. The lowest BCUT2D eigenvalue weighted by Crippen LogP contribution is -2.34. The molecule has 0 spiro atoms. The molecule has 54 valence electrons. The lowest BCUT2D eigenvalue weighted by Gasteiger charge is -2.23. The number of hydrogen-bond donors (Lipinski definition) is 0. The summed E-state index contributed by atoms with van der Waals surface area (Å²) in [6.07, 6.45) is 0.269. The van der Waals surface area contributed by atoms with E-state index in [1.807, 2.05) is 0 Å². The Kier molecular flexibility index (Phi) is 1.57. The first-order valence-electron chi connectivity index (χ1n) is 2.96. The minimum Gasteiger partial charge on any atom is -0.469 e. The average Bonchev–Trinajstić information content (AvgIpc) is 1.98. The van der Waals surface area contributed by atoms with E-state index in [0.717, 1.165) is 0 Å². The second-order valence-electron chi connectivity index (χ2n) is 2.23. The van der Waals surface area contributed by atoms with Crippen LogP contribution in [-0.4, -0.2) is 18.9 Å². The molecular formula is C7H8O3. The topological polar surface area (TPSA) is 43.4 Å². The van der Waals surface area contributed by atoms with Crippen molar-refractivity contribution in [2.75, 3.05) is 7.11 Å². The van der Waals surface area contributed by atoms with Gasteiger partial charge in [-0.25, -0.2) is 0 Å². The summed E-state index contributed by atoms with van der Waals surface area (Å²) in [6, 6.07) is 0. The molecule has 0 N–H and O–H groups in total. The molecular weight excluding hydrogens is 132 g/mol. The van der Waals surface area contributed by atoms with Crippen LogP contribution in [0.2, 0.25) is 0 Å². The van der Waals surface area contributed by atoms with Crippen molar-refractivity contribution in [3.05, 3.63) is 12.2 Å². The third-order valence-electron chi connectivity index (χ3n) is 1.65. The number of hydrogen-bond acceptors (Lipinski definition) is 3. The molecule has 0 aromatic carbocycles. The number of ketones is 1. The summed E-state index contributed by atoms with van der Waals surface area (Å²) in [5.74, 6) is -0.752. The van der Waals surface area contributed by atoms with Crippen molar-refractivity contribution in [2.24, 2.45) is 5.92 Å². The molecule has 0 aromatic heterocycles. The predicted octanol–water partition coefficient (Wildman–Crippen LogP) is 0.305. The average molecular weight is 140 g/mol. The van der Waals surface area contributed by atoms with E-state index in [-0.39, 0.29) is 24.1 Å². The first-order chi connectivity index (χ1) is 4.66. The van der Waals surface area contributed by atoms with E-state index < -0.39 is 0 Å². The van der Waals surface area contributed by atoms with Crippen LogP contribution < -0.4 is 0 Å². The number of carbonyl (C=O) groups excluding carboxylic acids is 2. The van der Waals surface area contributed by atoms with Gasteiger partial charge in [0.1, 0.15) is 0 Å². The SMILES string of the molecule is C=C1C(=O)CC1C(=O)OC. The van der Waals surface area contributed by atoms with Gasteiger partial charge in [-0.2, -0.15) is 0 Å². The molecule has 1 fully saturated rings. The Morgan fingerprint density at radius 2 is 2.40 bits per heavy atom. The van der Waals surface area contributed by atoms with E-state index in [1.54, 1.807) is 0 Å². The molecule has 1 saturated carbocycles. The fourth-order valence-corrected chi connectivity index (χ4v) is 0.871. The van der Waals surface area contributed by atoms with Crippen LogP contribution in [0.15, 0.2) is 12.2 Å². The number of carbonyl (C=O) groups is 2. The van der Waals surface area contributed by atoms with Crippen LogP contribution >= 0.6 is 0 Å². The molecule has 0 saturated heterocycles. The highest BCUT2D eigenvalue weighted by atomic mass is 16.5. The van der Waals surface area contributed by atoms with Gasteiger partial charge >= 0.3 is 5.97 Å². The Morgan fingerprint density at radius 1 is 1.80 bits per heavy atom. The van der Waals surface area contributed by atoms with Crippen LogP contribution in [0.5, 0.6) is 0 Å². The highest BCUT2D eigenvalue weighted by Gasteiger charge is 2.37. The quantitative estimate of drug-likeness (QED) is 0.388. The summed E-state index contributed by atoms with van der Waals surface area (Å²) >= 11 is 0. The van der Waals surface area contributed by atoms with E-state index in [9.17, 15) is 9.59 Å². The van der Waals surface area contributed by atoms with Crippen molar-refractivity contribution in [2.45, 2.75) is 6.42 Å². The van der Waals surface area contributed by atoms with Gasteiger partial charge in [0.05, 0.1) is 13.0 Å². The predicted molar refractivity (Wildman–Crippen MR) is 34.3 cm³/mol. The number of ether oxygens (including phenoxy) is 1. The summed E-state index contributed by atoms with van der Waals surface area (Å²) in [7, 11) is 1.30. The van der Waals surface area contributed by atoms with E-state index >= 15 is 0 Å². The lowest BCUT2D eigenvalue weighted by molar-refractivity contribution is -0.148. The Balaban J connectivity index is 2.56. The first kappa shape index (κ1) is 6.99. The van der Waals surface area contributed by atoms with Gasteiger partial charge in [0.2, 0.25) is 0 Å². The summed E-state index contributed by atoms with van der Waals surface area (Å²) in [6.45, 7) is 3.44. The van der Waals surface area contributed by atoms with Crippen LogP contribution in [0.1, 0.15) is 6.42 Å². The van der Waals surface area contributed by atoms with Gasteiger partial charge in [-0.05, 0) is 0 Å². The Morgan fingerprint density at radius 3 is 2.70 bits per heavy atom. The van der Waals surface area contributed by atoms with Gasteiger partial charge in [0, 0.05) is 12.0 Å². The van der Waals surface area contributed by atoms with Gasteiger partial charge in [0.15, 0.2) is 5.78 Å². The maximum Gasteiger partial charge on any atom is 0.313 e. The van der Waals surface area contributed by atoms with Gasteiger partial charge in [0.25, 0.3) is 0 Å². The van der Waals surface area contributed by atoms with Crippen LogP contribution in [-0.2, 0) is 14.3 Å². The second kappa shape index (κ2) is 2.25. The van der Waals surface area contributed by atoms with Crippen molar-refractivity contribution in [3.8, 4) is 0 Å². The fourth-order valence-electron chi connectivity index (χ4n) is 0.871. The molecule has 1 aliphatic carbocycles. The molecule has 0 bridgehead atoms. The van der Waals surface area contributed by atoms with E-state index in [1.165, 1.54) is 7.11 Å². The molecule has 0 amide bonds. The highest BCUT2D eigenvalue weighted by molar-refractivity contribution is 6.09. The summed E-state index contributed by atoms with van der Waals surface area (Å²) < 4.78 is 4.42. The van der Waals surface area contributed by atoms with Gasteiger partial charge in [-0.1, -0.05) is 6.58 Å². The van der Waals surface area contributed by atoms with Crippen LogP contribution in [0.25, 0.3) is 0 Å². The molecule has 3 heteroatoms. The monoisotopic (exact) mass is 140 g/mol.